The zero-order valence-electron chi connectivity index (χ0n) is 51.3. The Bertz CT molecular complexity index is 2620. The van der Waals surface area contributed by atoms with Crippen LogP contribution in [0.15, 0.2) is 23.3 Å². The van der Waals surface area contributed by atoms with Crippen molar-refractivity contribution in [1.29, 1.82) is 0 Å². The summed E-state index contributed by atoms with van der Waals surface area (Å²) in [6, 6.07) is 0. The normalized spacial score (nSPS) is 50.2. The minimum atomic E-state index is -2.31. The van der Waals surface area contributed by atoms with Gasteiger partial charge in [0.15, 0.2) is 31.3 Å². The van der Waals surface area contributed by atoms with Crippen molar-refractivity contribution in [3.63, 3.8) is 0 Å². The average molecular weight is 1260 g/mol. The van der Waals surface area contributed by atoms with Gasteiger partial charge in [0.25, 0.3) is 0 Å². The fourth-order valence-electron chi connectivity index (χ4n) is 17.2. The van der Waals surface area contributed by atoms with Crippen LogP contribution in [0.5, 0.6) is 0 Å². The molecule has 9 rings (SSSR count). The third-order valence-corrected chi connectivity index (χ3v) is 22.5. The van der Waals surface area contributed by atoms with Crippen molar-refractivity contribution >= 4 is 23.9 Å². The number of ether oxygens (including phenoxy) is 11. The molecule has 0 spiro atoms. The highest BCUT2D eigenvalue weighted by atomic mass is 16.8. The number of aliphatic hydroxyl groups is 12. The van der Waals surface area contributed by atoms with E-state index >= 15 is 0 Å². The zero-order valence-corrected chi connectivity index (χ0v) is 51.3. The molecule has 0 aromatic heterocycles. The highest BCUT2D eigenvalue weighted by Gasteiger charge is 2.75. The van der Waals surface area contributed by atoms with E-state index in [1.807, 2.05) is 13.8 Å². The molecule has 30 atom stereocenters. The molecule has 4 heterocycles. The Kier molecular flexibility index (Phi) is 19.9. The van der Waals surface area contributed by atoms with E-state index in [2.05, 4.69) is 26.8 Å². The lowest BCUT2D eigenvalue weighted by molar-refractivity contribution is -0.399. The van der Waals surface area contributed by atoms with Gasteiger partial charge in [0.05, 0.1) is 50.0 Å². The van der Waals surface area contributed by atoms with Crippen LogP contribution in [-0.4, -0.2) is 259 Å². The van der Waals surface area contributed by atoms with E-state index < -0.39 is 223 Å². The molecule has 3 unspecified atom stereocenters. The number of hydrogen-bond acceptors (Lipinski definition) is 27. The van der Waals surface area contributed by atoms with Crippen molar-refractivity contribution in [2.45, 2.75) is 242 Å². The van der Waals surface area contributed by atoms with Crippen LogP contribution in [0.3, 0.4) is 0 Å². The molecule has 9 aliphatic rings. The van der Waals surface area contributed by atoms with Gasteiger partial charge < -0.3 is 118 Å². The Hall–Kier alpha value is -3.44. The molecular weight excluding hydrogens is 1170 g/mol. The van der Waals surface area contributed by atoms with Crippen molar-refractivity contribution in [2.24, 2.45) is 50.2 Å². The zero-order chi connectivity index (χ0) is 64.9. The molecule has 500 valence electrons. The third kappa shape index (κ3) is 11.3. The standard InChI is InChI=1S/C60H92O28/c1-11-24(2)49(76)88-47-46(73)60(23-81-25(3)62)27(18-55(47,4)5)26-12-13-31-56(6)16-15-34(59(9,54(77)78-10)32(56)14-17-57(31,7)58(26,8)19-33(60)65)83-53-45(87-51-40(71)38(69)37(68)30(20-61)82-51)42(41(72)43(85-53)48(74)75)84-52-44(36(67)29(64)22-80-52)86-50-39(70)35(66)28(63)21-79-50/h11-12,27-47,50-53,61,63-73H,13-23H2,1-10H3,(H,74,75)/t27?,28-,29+,30-,31?,32?,33-,34+,35+,36+,37+,38+,39-,40-,41+,42+,43+,44-,45-,46+,47+,50+,51-,52+,53-,56-,57-,58-,59+,60+/m1/s1. The summed E-state index contributed by atoms with van der Waals surface area (Å²) in [5.74, 6) is -5.15. The molecule has 0 radical (unpaired) electrons. The van der Waals surface area contributed by atoms with Gasteiger partial charge in [0.1, 0.15) is 98.2 Å². The van der Waals surface area contributed by atoms with Gasteiger partial charge in [-0.3, -0.25) is 9.59 Å². The van der Waals surface area contributed by atoms with Gasteiger partial charge in [0.2, 0.25) is 0 Å². The van der Waals surface area contributed by atoms with E-state index in [0.29, 0.717) is 37.7 Å². The molecule has 28 nitrogen and oxygen atoms in total. The van der Waals surface area contributed by atoms with E-state index in [-0.39, 0.29) is 25.4 Å². The van der Waals surface area contributed by atoms with Gasteiger partial charge in [0, 0.05) is 17.9 Å². The van der Waals surface area contributed by atoms with Gasteiger partial charge in [-0.2, -0.15) is 0 Å². The van der Waals surface area contributed by atoms with Gasteiger partial charge in [-0.05, 0) is 99.7 Å². The van der Waals surface area contributed by atoms with Crippen LogP contribution in [0, 0.1) is 50.2 Å². The number of carboxylic acid groups (broad SMARTS) is 1. The molecule has 8 fully saturated rings. The number of carboxylic acids is 1. The number of carbonyl (C=O) groups excluding carboxylic acids is 3. The first-order chi connectivity index (χ1) is 41.1. The molecule has 0 bridgehead atoms. The van der Waals surface area contributed by atoms with Crippen LogP contribution in [-0.2, 0) is 71.3 Å². The van der Waals surface area contributed by atoms with Crippen LogP contribution in [0.2, 0.25) is 0 Å². The van der Waals surface area contributed by atoms with Gasteiger partial charge in [-0.1, -0.05) is 52.3 Å². The van der Waals surface area contributed by atoms with Crippen LogP contribution < -0.4 is 0 Å². The van der Waals surface area contributed by atoms with Crippen molar-refractivity contribution < 1.29 is 138 Å². The maximum Gasteiger partial charge on any atom is 0.335 e. The number of allylic oxidation sites excluding steroid dienone is 3. The number of aliphatic hydroxyl groups excluding tert-OH is 12. The van der Waals surface area contributed by atoms with Crippen LogP contribution in [0.4, 0.5) is 0 Å². The molecule has 4 saturated carbocycles. The lowest BCUT2D eigenvalue weighted by atomic mass is 9.33. The molecular formula is C60H92O28. The van der Waals surface area contributed by atoms with Gasteiger partial charge >= 0.3 is 23.9 Å². The molecule has 0 aromatic carbocycles. The van der Waals surface area contributed by atoms with Crippen molar-refractivity contribution in [1.82, 2.24) is 0 Å². The number of rotatable bonds is 15. The Balaban J connectivity index is 1.07. The second kappa shape index (κ2) is 25.5. The third-order valence-electron chi connectivity index (χ3n) is 22.5. The smallest absolute Gasteiger partial charge is 0.335 e. The quantitative estimate of drug-likeness (QED) is 0.0276. The highest BCUT2D eigenvalue weighted by molar-refractivity contribution is 5.87. The van der Waals surface area contributed by atoms with E-state index in [1.54, 1.807) is 26.8 Å². The van der Waals surface area contributed by atoms with Crippen molar-refractivity contribution in [2.75, 3.05) is 33.5 Å². The Labute approximate surface area is 509 Å². The van der Waals surface area contributed by atoms with E-state index in [1.165, 1.54) is 14.0 Å². The number of hydrogen-bond donors (Lipinski definition) is 13. The summed E-state index contributed by atoms with van der Waals surface area (Å²) in [5.41, 5.74) is -4.88. The van der Waals surface area contributed by atoms with E-state index in [4.69, 9.17) is 52.1 Å². The fourth-order valence-corrected chi connectivity index (χ4v) is 17.2. The lowest BCUT2D eigenvalue weighted by Crippen LogP contribution is -2.72. The first kappa shape index (κ1) is 68.9. The number of esters is 3. The summed E-state index contributed by atoms with van der Waals surface area (Å²) in [7, 11) is 1.20. The van der Waals surface area contributed by atoms with Gasteiger partial charge in [-0.25, -0.2) is 9.59 Å². The Morgan fingerprint density at radius 3 is 1.93 bits per heavy atom. The van der Waals surface area contributed by atoms with E-state index in [9.17, 15) is 85.6 Å². The Morgan fingerprint density at radius 2 is 1.31 bits per heavy atom. The van der Waals surface area contributed by atoms with Gasteiger partial charge in [-0.15, -0.1) is 0 Å². The summed E-state index contributed by atoms with van der Waals surface area (Å²) >= 11 is 0. The molecule has 0 aromatic rings. The summed E-state index contributed by atoms with van der Waals surface area (Å²) in [6.45, 7) is 13.9. The minimum Gasteiger partial charge on any atom is -0.479 e. The number of methoxy groups -OCH3 is 1. The van der Waals surface area contributed by atoms with Crippen molar-refractivity contribution in [3.05, 3.63) is 23.3 Å². The molecule has 13 N–H and O–H groups in total. The SMILES string of the molecule is CC=C(C)C(=O)O[C@H]1[C@H](O)[C@@]2(COC(C)=O)C(CC1(C)C)C1=CCC3[C@@]4(C)CC[C@H](O[C@@H]5O[C@H](C(=O)O)[C@@H](O)[C@H](O[C@@H]6OC[C@H](O)[C@H](O)[C@H]6O[C@@H]6OC[C@@H](O)[C@H](O)[C@H]6O)[C@H]5O[C@H]5O[C@H](CO)[C@H](O)[C@H](O)[C@H]5O)[C@@](C)(C(=O)OC)C4CC[C@@]3(C)[C@]1(C)C[C@H]2O. The lowest BCUT2D eigenvalue weighted by Gasteiger charge is -2.72. The van der Waals surface area contributed by atoms with Crippen LogP contribution >= 0.6 is 0 Å². The predicted molar refractivity (Wildman–Crippen MR) is 295 cm³/mol. The molecule has 0 amide bonds. The molecule has 4 aliphatic heterocycles. The molecule has 4 saturated heterocycles. The molecule has 88 heavy (non-hydrogen) atoms. The topological polar surface area (TPSA) is 433 Å². The summed E-state index contributed by atoms with van der Waals surface area (Å²) < 4.78 is 65.8. The van der Waals surface area contributed by atoms with Crippen LogP contribution in [0.25, 0.3) is 0 Å². The number of aliphatic carboxylic acids is 1. The van der Waals surface area contributed by atoms with Crippen LogP contribution in [0.1, 0.15) is 107 Å². The summed E-state index contributed by atoms with van der Waals surface area (Å²) in [4.78, 5) is 54.2. The average Bonchev–Trinajstić information content (AvgIpc) is 0.681. The monoisotopic (exact) mass is 1260 g/mol. The molecule has 28 heteroatoms. The first-order valence-corrected chi connectivity index (χ1v) is 30.4. The maximum atomic E-state index is 15.0. The van der Waals surface area contributed by atoms with E-state index in [0.717, 1.165) is 5.57 Å². The Morgan fingerprint density at radius 1 is 0.682 bits per heavy atom. The molecule has 5 aliphatic carbocycles. The maximum absolute atomic E-state index is 15.0. The summed E-state index contributed by atoms with van der Waals surface area (Å²) in [5, 5.41) is 145. The predicted octanol–water partition coefficient (Wildman–Crippen LogP) is -2.04. The number of carbonyl (C=O) groups is 4. The second-order valence-corrected chi connectivity index (χ2v) is 27.6. The minimum absolute atomic E-state index is 0.0385. The first-order valence-electron chi connectivity index (χ1n) is 30.4. The van der Waals surface area contributed by atoms with Crippen molar-refractivity contribution in [3.8, 4) is 0 Å². The largest absolute Gasteiger partial charge is 0.479 e. The fraction of sp³-hybridized carbons (Fsp3) is 0.867. The summed E-state index contributed by atoms with van der Waals surface area (Å²) in [6.07, 6.45) is -34.4. The number of fused-ring (bicyclic) bond motifs is 7. The highest BCUT2D eigenvalue weighted by Crippen LogP contribution is 2.76. The second-order valence-electron chi connectivity index (χ2n) is 27.6.